The first-order valence-electron chi connectivity index (χ1n) is 9.39. The third-order valence-corrected chi connectivity index (χ3v) is 3.74. The number of H-pyrrole nitrogens is 1. The van der Waals surface area contributed by atoms with Crippen molar-refractivity contribution in [3.05, 3.63) is 38.7 Å². The summed E-state index contributed by atoms with van der Waals surface area (Å²) < 4.78 is 11.6. The summed E-state index contributed by atoms with van der Waals surface area (Å²) in [6, 6.07) is 1.36. The maximum atomic E-state index is 12.2. The number of nitrogens with zero attached hydrogens (tertiary/aromatic N) is 2. The van der Waals surface area contributed by atoms with Crippen LogP contribution in [0.5, 0.6) is 0 Å². The lowest BCUT2D eigenvalue weighted by atomic mass is 10.2. The third-order valence-electron chi connectivity index (χ3n) is 3.74. The average molecular weight is 406 g/mol. The predicted octanol–water partition coefficient (Wildman–Crippen LogP) is 1.57. The standard InChI is InChI=1S/C19H26N4O6/c1-5-8-23-14-13(15(24)22-17(23)26)10-12(11-21-14)16(25)28-9-6-7-20-18(27)29-19(2,3)4/h10-11H,5-9H2,1-4H3,(H,20,27)(H,22,24,26). The highest BCUT2D eigenvalue weighted by atomic mass is 16.6. The van der Waals surface area contributed by atoms with E-state index in [0.29, 0.717) is 19.4 Å². The molecule has 0 aliphatic carbocycles. The molecule has 0 aromatic carbocycles. The lowest BCUT2D eigenvalue weighted by Crippen LogP contribution is -2.33. The van der Waals surface area contributed by atoms with Gasteiger partial charge in [0, 0.05) is 19.3 Å². The molecule has 0 aliphatic rings. The molecular formula is C19H26N4O6. The normalized spacial score (nSPS) is 11.3. The number of aryl methyl sites for hydroxylation is 1. The average Bonchev–Trinajstić information content (AvgIpc) is 2.63. The van der Waals surface area contributed by atoms with Crippen molar-refractivity contribution in [3.63, 3.8) is 0 Å². The number of aromatic amines is 1. The van der Waals surface area contributed by atoms with Crippen LogP contribution < -0.4 is 16.6 Å². The van der Waals surface area contributed by atoms with Crippen LogP contribution in [0.1, 0.15) is 50.9 Å². The lowest BCUT2D eigenvalue weighted by Gasteiger charge is -2.19. The van der Waals surface area contributed by atoms with Gasteiger partial charge in [-0.3, -0.25) is 14.3 Å². The number of carbonyl (C=O) groups excluding carboxylic acids is 2. The molecule has 2 aromatic heterocycles. The van der Waals surface area contributed by atoms with Gasteiger partial charge in [-0.1, -0.05) is 6.92 Å². The molecule has 2 heterocycles. The van der Waals surface area contributed by atoms with Crippen LogP contribution in [0, 0.1) is 0 Å². The molecule has 0 atom stereocenters. The van der Waals surface area contributed by atoms with Gasteiger partial charge in [0.1, 0.15) is 11.2 Å². The van der Waals surface area contributed by atoms with Gasteiger partial charge >= 0.3 is 17.8 Å². The number of aromatic nitrogens is 3. The minimum absolute atomic E-state index is 0.0678. The molecule has 1 amide bonds. The Labute approximate surface area is 167 Å². The summed E-state index contributed by atoms with van der Waals surface area (Å²) in [5, 5.41) is 2.70. The number of alkyl carbamates (subject to hydrolysis) is 1. The Kier molecular flexibility index (Phi) is 7.13. The summed E-state index contributed by atoms with van der Waals surface area (Å²) in [7, 11) is 0. The van der Waals surface area contributed by atoms with Gasteiger partial charge in [-0.15, -0.1) is 0 Å². The van der Waals surface area contributed by atoms with Crippen LogP contribution >= 0.6 is 0 Å². The summed E-state index contributed by atoms with van der Waals surface area (Å²) in [6.45, 7) is 7.93. The highest BCUT2D eigenvalue weighted by Crippen LogP contribution is 2.10. The van der Waals surface area contributed by atoms with E-state index in [9.17, 15) is 19.2 Å². The number of hydrogen-bond donors (Lipinski definition) is 2. The van der Waals surface area contributed by atoms with Crippen LogP contribution in [0.25, 0.3) is 11.0 Å². The van der Waals surface area contributed by atoms with Crippen molar-refractivity contribution in [1.82, 2.24) is 19.9 Å². The zero-order valence-corrected chi connectivity index (χ0v) is 17.0. The maximum Gasteiger partial charge on any atom is 0.407 e. The molecule has 0 radical (unpaired) electrons. The van der Waals surface area contributed by atoms with E-state index in [1.165, 1.54) is 16.8 Å². The number of esters is 1. The summed E-state index contributed by atoms with van der Waals surface area (Å²) in [4.78, 5) is 54.1. The van der Waals surface area contributed by atoms with Gasteiger partial charge in [-0.05, 0) is 39.7 Å². The van der Waals surface area contributed by atoms with Crippen molar-refractivity contribution in [3.8, 4) is 0 Å². The predicted molar refractivity (Wildman–Crippen MR) is 106 cm³/mol. The zero-order chi connectivity index (χ0) is 21.6. The molecule has 0 fully saturated rings. The summed E-state index contributed by atoms with van der Waals surface area (Å²) in [6.07, 6.45) is 1.81. The Morgan fingerprint density at radius 1 is 1.28 bits per heavy atom. The molecule has 2 rings (SSSR count). The van der Waals surface area contributed by atoms with E-state index < -0.39 is 28.9 Å². The van der Waals surface area contributed by atoms with Crippen molar-refractivity contribution >= 4 is 23.1 Å². The molecule has 10 heteroatoms. The molecule has 158 valence electrons. The van der Waals surface area contributed by atoms with E-state index in [1.54, 1.807) is 20.8 Å². The lowest BCUT2D eigenvalue weighted by molar-refractivity contribution is 0.0483. The Hall–Kier alpha value is -3.17. The number of hydrogen-bond acceptors (Lipinski definition) is 7. The van der Waals surface area contributed by atoms with Crippen LogP contribution in [-0.4, -0.2) is 45.4 Å². The van der Waals surface area contributed by atoms with E-state index in [1.807, 2.05) is 6.92 Å². The summed E-state index contributed by atoms with van der Waals surface area (Å²) in [5.41, 5.74) is -1.41. The Balaban J connectivity index is 1.97. The molecule has 29 heavy (non-hydrogen) atoms. The zero-order valence-electron chi connectivity index (χ0n) is 17.0. The fourth-order valence-corrected chi connectivity index (χ4v) is 2.54. The number of ether oxygens (including phenoxy) is 2. The van der Waals surface area contributed by atoms with Crippen molar-refractivity contribution in [2.45, 2.75) is 52.7 Å². The minimum Gasteiger partial charge on any atom is -0.462 e. The SMILES string of the molecule is CCCn1c(=O)[nH]c(=O)c2cc(C(=O)OCCCNC(=O)OC(C)(C)C)cnc21. The second kappa shape index (κ2) is 9.35. The van der Waals surface area contributed by atoms with Crippen LogP contribution in [-0.2, 0) is 16.0 Å². The smallest absolute Gasteiger partial charge is 0.407 e. The molecule has 0 aliphatic heterocycles. The molecule has 2 N–H and O–H groups in total. The summed E-state index contributed by atoms with van der Waals surface area (Å²) in [5.74, 6) is -0.649. The first kappa shape index (κ1) is 22.1. The van der Waals surface area contributed by atoms with Gasteiger partial charge < -0.3 is 14.8 Å². The quantitative estimate of drug-likeness (QED) is 0.527. The third kappa shape index (κ3) is 6.16. The highest BCUT2D eigenvalue weighted by Gasteiger charge is 2.16. The number of nitrogens with one attached hydrogen (secondary N) is 2. The number of carbonyl (C=O) groups is 2. The molecule has 10 nitrogen and oxygen atoms in total. The van der Waals surface area contributed by atoms with Crippen molar-refractivity contribution in [2.24, 2.45) is 0 Å². The number of rotatable bonds is 7. The molecule has 2 aromatic rings. The molecule has 0 spiro atoms. The maximum absolute atomic E-state index is 12.2. The van der Waals surface area contributed by atoms with Crippen LogP contribution in [0.4, 0.5) is 4.79 Å². The van der Waals surface area contributed by atoms with Gasteiger partial charge in [0.25, 0.3) is 5.56 Å². The Morgan fingerprint density at radius 3 is 2.66 bits per heavy atom. The largest absolute Gasteiger partial charge is 0.462 e. The van der Waals surface area contributed by atoms with Gasteiger partial charge in [-0.2, -0.15) is 0 Å². The number of fused-ring (bicyclic) bond motifs is 1. The first-order valence-corrected chi connectivity index (χ1v) is 9.39. The van der Waals surface area contributed by atoms with E-state index in [4.69, 9.17) is 9.47 Å². The fraction of sp³-hybridized carbons (Fsp3) is 0.526. The van der Waals surface area contributed by atoms with Gasteiger partial charge in [0.15, 0.2) is 0 Å². The second-order valence-corrected chi connectivity index (χ2v) is 7.42. The van der Waals surface area contributed by atoms with E-state index in [2.05, 4.69) is 15.3 Å². The van der Waals surface area contributed by atoms with Crippen LogP contribution in [0.3, 0.4) is 0 Å². The highest BCUT2D eigenvalue weighted by molar-refractivity contribution is 5.92. The van der Waals surface area contributed by atoms with Gasteiger partial charge in [0.05, 0.1) is 17.6 Å². The second-order valence-electron chi connectivity index (χ2n) is 7.42. The minimum atomic E-state index is -0.649. The molecule has 0 saturated heterocycles. The van der Waals surface area contributed by atoms with Crippen molar-refractivity contribution in [2.75, 3.05) is 13.2 Å². The summed E-state index contributed by atoms with van der Waals surface area (Å²) >= 11 is 0. The number of pyridine rings is 1. The van der Waals surface area contributed by atoms with Gasteiger partial charge in [0.2, 0.25) is 0 Å². The van der Waals surface area contributed by atoms with Crippen molar-refractivity contribution < 1.29 is 19.1 Å². The molecule has 0 unspecified atom stereocenters. The van der Waals surface area contributed by atoms with Crippen molar-refractivity contribution in [1.29, 1.82) is 0 Å². The Morgan fingerprint density at radius 2 is 2.00 bits per heavy atom. The topological polar surface area (TPSA) is 132 Å². The van der Waals surface area contributed by atoms with Crippen LogP contribution in [0.15, 0.2) is 21.9 Å². The molecule has 0 saturated carbocycles. The molecule has 0 bridgehead atoms. The molecular weight excluding hydrogens is 380 g/mol. The monoisotopic (exact) mass is 406 g/mol. The van der Waals surface area contributed by atoms with Gasteiger partial charge in [-0.25, -0.2) is 19.4 Å². The first-order chi connectivity index (χ1) is 13.6. The Bertz CT molecular complexity index is 1000. The fourth-order valence-electron chi connectivity index (χ4n) is 2.54. The van der Waals surface area contributed by atoms with E-state index in [-0.39, 0.29) is 29.7 Å². The van der Waals surface area contributed by atoms with Crippen LogP contribution in [0.2, 0.25) is 0 Å². The van der Waals surface area contributed by atoms with E-state index >= 15 is 0 Å². The van der Waals surface area contributed by atoms with E-state index in [0.717, 1.165) is 0 Å². The number of amides is 1.